The predicted octanol–water partition coefficient (Wildman–Crippen LogP) is -4.09. The first-order valence-corrected chi connectivity index (χ1v) is 17.1. The fourth-order valence-electron chi connectivity index (χ4n) is 5.84. The molecule has 0 spiro atoms. The third-order valence-electron chi connectivity index (χ3n) is 8.91. The van der Waals surface area contributed by atoms with E-state index in [9.17, 15) is 80.6 Å². The van der Waals surface area contributed by atoms with E-state index >= 15 is 0 Å². The van der Waals surface area contributed by atoms with Crippen LogP contribution in [-0.2, 0) is 26.6 Å². The van der Waals surface area contributed by atoms with E-state index in [1.807, 2.05) is 0 Å². The number of aliphatic hydroxyl groups excluding tert-OH is 7. The van der Waals surface area contributed by atoms with E-state index in [1.54, 1.807) is 9.97 Å². The highest BCUT2D eigenvalue weighted by Crippen LogP contribution is 2.31. The number of halogens is 6. The molecular formula is C32H36F6N6O16. The van der Waals surface area contributed by atoms with Crippen molar-refractivity contribution in [2.24, 2.45) is 0 Å². The molecule has 0 saturated carbocycles. The van der Waals surface area contributed by atoms with Gasteiger partial charge in [-0.05, 0) is 6.92 Å². The van der Waals surface area contributed by atoms with Gasteiger partial charge >= 0.3 is 29.4 Å². The Hall–Kier alpha value is -5.22. The second kappa shape index (κ2) is 19.0. The van der Waals surface area contributed by atoms with E-state index in [2.05, 4.69) is 16.8 Å². The summed E-state index contributed by atoms with van der Waals surface area (Å²) in [4.78, 5) is 73.7. The minimum Gasteiger partial charge on any atom is -0.394 e. The quantitative estimate of drug-likeness (QED) is 0.0861. The molecular weight excluding hydrogens is 838 g/mol. The predicted molar refractivity (Wildman–Crippen MR) is 183 cm³/mol. The van der Waals surface area contributed by atoms with Gasteiger partial charge in [-0.3, -0.25) is 43.0 Å². The lowest BCUT2D eigenvalue weighted by atomic mass is 10.0. The number of rotatable bonds is 5. The lowest BCUT2D eigenvalue weighted by molar-refractivity contribution is -0.212. The van der Waals surface area contributed by atoms with Gasteiger partial charge in [0.2, 0.25) is 0 Å². The number of aliphatic hydroxyl groups is 7. The van der Waals surface area contributed by atoms with Crippen molar-refractivity contribution in [3.05, 3.63) is 97.8 Å². The number of aromatic nitrogens is 6. The number of alkyl halides is 6. The van der Waals surface area contributed by atoms with Gasteiger partial charge in [-0.1, -0.05) is 5.92 Å². The molecule has 6 rings (SSSR count). The summed E-state index contributed by atoms with van der Waals surface area (Å²) < 4.78 is 92.9. The van der Waals surface area contributed by atoms with Crippen LogP contribution in [0.2, 0.25) is 0 Å². The molecule has 6 heterocycles. The van der Waals surface area contributed by atoms with Gasteiger partial charge in [-0.25, -0.2) is 14.4 Å². The Morgan fingerprint density at radius 1 is 0.650 bits per heavy atom. The fourth-order valence-corrected chi connectivity index (χ4v) is 5.84. The van der Waals surface area contributed by atoms with Crippen LogP contribution < -0.4 is 33.7 Å². The zero-order valence-electron chi connectivity index (χ0n) is 30.5. The molecule has 10 N–H and O–H groups in total. The average molecular weight is 875 g/mol. The lowest BCUT2D eigenvalue weighted by Gasteiger charge is -2.35. The van der Waals surface area contributed by atoms with Gasteiger partial charge in [0.05, 0.1) is 32.0 Å². The van der Waals surface area contributed by atoms with Crippen molar-refractivity contribution in [1.29, 1.82) is 0 Å². The number of nitrogens with one attached hydrogen (secondary N) is 3. The largest absolute Gasteiger partial charge is 0.423 e. The van der Waals surface area contributed by atoms with E-state index in [4.69, 9.17) is 24.4 Å². The van der Waals surface area contributed by atoms with Crippen LogP contribution in [0.5, 0.6) is 0 Å². The van der Waals surface area contributed by atoms with Crippen LogP contribution in [0, 0.1) is 11.8 Å². The average Bonchev–Trinajstić information content (AvgIpc) is 3.72. The lowest BCUT2D eigenvalue weighted by Crippen LogP contribution is -2.52. The Morgan fingerprint density at radius 3 is 1.45 bits per heavy atom. The van der Waals surface area contributed by atoms with Crippen molar-refractivity contribution in [3.8, 4) is 11.8 Å². The number of aromatic amines is 3. The minimum atomic E-state index is -4.92. The normalized spacial score (nSPS) is 27.8. The van der Waals surface area contributed by atoms with Crippen molar-refractivity contribution < 1.29 is 76.3 Å². The molecule has 0 amide bonds. The number of nitrogens with zero attached hydrogens (tertiary/aromatic N) is 3. The molecule has 0 aromatic carbocycles. The van der Waals surface area contributed by atoms with Crippen molar-refractivity contribution in [2.45, 2.75) is 93.5 Å². The summed E-state index contributed by atoms with van der Waals surface area (Å²) in [6, 6.07) is 0. The summed E-state index contributed by atoms with van der Waals surface area (Å²) in [7, 11) is 0. The topological polar surface area (TPSA) is 334 Å². The third kappa shape index (κ3) is 10.7. The summed E-state index contributed by atoms with van der Waals surface area (Å²) in [6.07, 6.45) is -20.3. The molecule has 28 heteroatoms. The van der Waals surface area contributed by atoms with Crippen LogP contribution in [0.3, 0.4) is 0 Å². The summed E-state index contributed by atoms with van der Waals surface area (Å²) in [5, 5.41) is 65.6. The van der Waals surface area contributed by atoms with Gasteiger partial charge in [-0.15, -0.1) is 5.92 Å². The summed E-state index contributed by atoms with van der Waals surface area (Å²) in [5.41, 5.74) is -9.76. The molecule has 22 nitrogen and oxygen atoms in total. The van der Waals surface area contributed by atoms with Crippen LogP contribution in [0.4, 0.5) is 26.3 Å². The molecule has 332 valence electrons. The van der Waals surface area contributed by atoms with Gasteiger partial charge < -0.3 is 50.0 Å². The highest BCUT2D eigenvalue weighted by atomic mass is 19.4. The molecule has 0 bridgehead atoms. The fraction of sp³-hybridized carbons (Fsp3) is 0.562. The van der Waals surface area contributed by atoms with Crippen LogP contribution >= 0.6 is 0 Å². The molecule has 3 fully saturated rings. The van der Waals surface area contributed by atoms with Gasteiger partial charge in [-0.2, -0.15) is 26.3 Å². The highest BCUT2D eigenvalue weighted by molar-refractivity contribution is 5.29. The van der Waals surface area contributed by atoms with Gasteiger partial charge in [0.1, 0.15) is 59.7 Å². The molecule has 0 aliphatic carbocycles. The molecule has 3 aromatic heterocycles. The maximum Gasteiger partial charge on any atom is 0.423 e. The molecule has 3 saturated heterocycles. The highest BCUT2D eigenvalue weighted by Gasteiger charge is 2.41. The monoisotopic (exact) mass is 874 g/mol. The molecule has 0 radical (unpaired) electrons. The van der Waals surface area contributed by atoms with Crippen molar-refractivity contribution in [3.63, 3.8) is 0 Å². The maximum absolute atomic E-state index is 12.6. The van der Waals surface area contributed by atoms with Crippen molar-refractivity contribution in [1.82, 2.24) is 28.7 Å². The zero-order chi connectivity index (χ0) is 45.0. The first-order chi connectivity index (χ1) is 27.9. The first-order valence-electron chi connectivity index (χ1n) is 17.1. The SMILES string of the molecule is CC#Cc1cn(C2OC[C@@H](O)[C@@H](O)[C@@H]2O)c(=O)[nH]c1=O.O=c1[nH]c(=O)n([C@H]2C[C@H](O)[C@@H](CO)O2)cc1C(F)(F)F.O=c1[nH]c(=O)n([C@H]2C[C@H](O)[C@@H](CO)O2)cc1C(F)(F)F. The Balaban J connectivity index is 0.000000198. The standard InChI is InChI=1S/C12H14N2O6.2C10H11F3N2O5/c1-2-3-6-4-14(12(19)13-10(6)18)11-9(17)8(16)7(15)5-20-11;2*11-10(12,13)4-2-15(9(19)14-8(4)18)7-1-5(17)6(3-16)20-7/h4,7-9,11,15-17H,5H2,1H3,(H,13,18,19);2*2,5-7,16-17H,1,3H2,(H,14,18,19)/t7-,8-,9+,11?;2*5-,6+,7+/m100/s1. The smallest absolute Gasteiger partial charge is 0.394 e. The van der Waals surface area contributed by atoms with Crippen molar-refractivity contribution >= 4 is 0 Å². The Bertz CT molecular complexity index is 2310. The molecule has 10 atom stereocenters. The second-order valence-corrected chi connectivity index (χ2v) is 13.0. The Morgan fingerprint density at radius 2 is 1.07 bits per heavy atom. The van der Waals surface area contributed by atoms with E-state index in [0.717, 1.165) is 10.8 Å². The zero-order valence-corrected chi connectivity index (χ0v) is 30.5. The summed E-state index contributed by atoms with van der Waals surface area (Å²) in [5.74, 6) is 5.04. The molecule has 3 aliphatic rings. The van der Waals surface area contributed by atoms with Gasteiger partial charge in [0.15, 0.2) is 6.23 Å². The van der Waals surface area contributed by atoms with Crippen LogP contribution in [0.15, 0.2) is 47.4 Å². The molecule has 1 unspecified atom stereocenters. The third-order valence-corrected chi connectivity index (χ3v) is 8.91. The number of hydrogen-bond acceptors (Lipinski definition) is 16. The number of H-pyrrole nitrogens is 3. The number of ether oxygens (including phenoxy) is 3. The summed E-state index contributed by atoms with van der Waals surface area (Å²) >= 11 is 0. The Kier molecular flexibility index (Phi) is 15.0. The summed E-state index contributed by atoms with van der Waals surface area (Å²) in [6.45, 7) is 0.202. The van der Waals surface area contributed by atoms with Gasteiger partial charge in [0.25, 0.3) is 16.7 Å². The van der Waals surface area contributed by atoms with Gasteiger partial charge in [0, 0.05) is 31.4 Å². The second-order valence-electron chi connectivity index (χ2n) is 13.0. The minimum absolute atomic E-state index is 0.0310. The van der Waals surface area contributed by atoms with E-state index < -0.39 is 132 Å². The van der Waals surface area contributed by atoms with Crippen LogP contribution in [0.1, 0.15) is 55.1 Å². The van der Waals surface area contributed by atoms with Crippen LogP contribution in [0.25, 0.3) is 0 Å². The molecule has 3 aliphatic heterocycles. The Labute approximate surface area is 328 Å². The first kappa shape index (κ1) is 47.5. The maximum atomic E-state index is 12.6. The van der Waals surface area contributed by atoms with Crippen LogP contribution in [-0.4, -0.2) is 127 Å². The number of hydrogen-bond donors (Lipinski definition) is 10. The van der Waals surface area contributed by atoms with E-state index in [-0.39, 0.29) is 25.0 Å². The molecule has 60 heavy (non-hydrogen) atoms. The molecule has 3 aromatic rings. The van der Waals surface area contributed by atoms with E-state index in [0.29, 0.717) is 21.5 Å². The van der Waals surface area contributed by atoms with E-state index in [1.165, 1.54) is 6.92 Å². The van der Waals surface area contributed by atoms with Crippen molar-refractivity contribution in [2.75, 3.05) is 19.8 Å².